The second kappa shape index (κ2) is 4.81. The quantitative estimate of drug-likeness (QED) is 0.768. The van der Waals surface area contributed by atoms with E-state index in [2.05, 4.69) is 0 Å². The van der Waals surface area contributed by atoms with Gasteiger partial charge in [-0.1, -0.05) is 48.5 Å². The van der Waals surface area contributed by atoms with Gasteiger partial charge >= 0.3 is 0 Å². The number of rotatable bonds is 3. The molecule has 2 aromatic rings. The Hall–Kier alpha value is -1.80. The number of anilines is 1. The van der Waals surface area contributed by atoms with E-state index in [1.54, 1.807) is 0 Å². The van der Waals surface area contributed by atoms with Gasteiger partial charge in [0.15, 0.2) is 0 Å². The summed E-state index contributed by atoms with van der Waals surface area (Å²) in [7, 11) is 0. The van der Waals surface area contributed by atoms with Gasteiger partial charge in [0.2, 0.25) is 0 Å². The minimum absolute atomic E-state index is 0.00546. The summed E-state index contributed by atoms with van der Waals surface area (Å²) in [5, 5.41) is 0. The zero-order valence-corrected chi connectivity index (χ0v) is 9.14. The van der Waals surface area contributed by atoms with E-state index in [0.717, 1.165) is 23.2 Å². The summed E-state index contributed by atoms with van der Waals surface area (Å²) in [6.07, 6.45) is 0.774. The van der Waals surface area contributed by atoms with Gasteiger partial charge in [0.1, 0.15) is 0 Å². The van der Waals surface area contributed by atoms with Crippen LogP contribution in [-0.4, -0.2) is 0 Å². The van der Waals surface area contributed by atoms with Crippen LogP contribution in [0.2, 0.25) is 0 Å². The highest BCUT2D eigenvalue weighted by Gasteiger charge is 2.07. The zero-order valence-electron chi connectivity index (χ0n) is 9.14. The monoisotopic (exact) mass is 212 g/mol. The first-order chi connectivity index (χ1) is 7.77. The number of nitrogens with two attached hydrogens (primary N) is 2. The van der Waals surface area contributed by atoms with Crippen molar-refractivity contribution in [3.05, 3.63) is 65.7 Å². The van der Waals surface area contributed by atoms with E-state index >= 15 is 0 Å². The van der Waals surface area contributed by atoms with Crippen molar-refractivity contribution in [3.8, 4) is 0 Å². The van der Waals surface area contributed by atoms with E-state index in [0.29, 0.717) is 0 Å². The first-order valence-electron chi connectivity index (χ1n) is 5.41. The average Bonchev–Trinajstić information content (AvgIpc) is 2.33. The molecule has 2 rings (SSSR count). The number of hydrogen-bond acceptors (Lipinski definition) is 2. The summed E-state index contributed by atoms with van der Waals surface area (Å²) < 4.78 is 0. The van der Waals surface area contributed by atoms with Crippen molar-refractivity contribution < 1.29 is 0 Å². The molecule has 0 amide bonds. The molecule has 2 nitrogen and oxygen atoms in total. The van der Waals surface area contributed by atoms with Crippen LogP contribution in [0, 0.1) is 0 Å². The third-order valence-corrected chi connectivity index (χ3v) is 2.72. The molecule has 16 heavy (non-hydrogen) atoms. The summed E-state index contributed by atoms with van der Waals surface area (Å²) >= 11 is 0. The van der Waals surface area contributed by atoms with Crippen LogP contribution < -0.4 is 11.5 Å². The topological polar surface area (TPSA) is 52.0 Å². The molecule has 0 fully saturated rings. The first-order valence-corrected chi connectivity index (χ1v) is 5.41. The molecular weight excluding hydrogens is 196 g/mol. The number of hydrogen-bond donors (Lipinski definition) is 2. The SMILES string of the molecule is Nc1ccccc1C[C@H](N)c1ccccc1. The first kappa shape index (κ1) is 10.7. The van der Waals surface area contributed by atoms with E-state index in [-0.39, 0.29) is 6.04 Å². The molecule has 0 radical (unpaired) electrons. The lowest BCUT2D eigenvalue weighted by molar-refractivity contribution is 0.723. The van der Waals surface area contributed by atoms with Gasteiger partial charge in [-0.05, 0) is 23.6 Å². The highest BCUT2D eigenvalue weighted by Crippen LogP contribution is 2.19. The van der Waals surface area contributed by atoms with Gasteiger partial charge in [-0.2, -0.15) is 0 Å². The predicted octanol–water partition coefficient (Wildman–Crippen LogP) is 2.51. The van der Waals surface area contributed by atoms with E-state index in [1.165, 1.54) is 0 Å². The van der Waals surface area contributed by atoms with Crippen molar-refractivity contribution in [3.63, 3.8) is 0 Å². The van der Waals surface area contributed by atoms with Crippen LogP contribution >= 0.6 is 0 Å². The summed E-state index contributed by atoms with van der Waals surface area (Å²) in [6.45, 7) is 0. The van der Waals surface area contributed by atoms with Crippen LogP contribution in [0.5, 0.6) is 0 Å². The van der Waals surface area contributed by atoms with Crippen molar-refractivity contribution in [1.82, 2.24) is 0 Å². The van der Waals surface area contributed by atoms with Crippen LogP contribution in [0.15, 0.2) is 54.6 Å². The molecule has 0 saturated heterocycles. The highest BCUT2D eigenvalue weighted by molar-refractivity contribution is 5.47. The molecule has 0 bridgehead atoms. The van der Waals surface area contributed by atoms with E-state index in [9.17, 15) is 0 Å². The van der Waals surface area contributed by atoms with Gasteiger partial charge in [-0.15, -0.1) is 0 Å². The Morgan fingerprint density at radius 1 is 0.875 bits per heavy atom. The Labute approximate surface area is 95.9 Å². The number of nitrogen functional groups attached to an aromatic ring is 1. The fourth-order valence-electron chi connectivity index (χ4n) is 1.78. The van der Waals surface area contributed by atoms with Gasteiger partial charge in [0, 0.05) is 11.7 Å². The lowest BCUT2D eigenvalue weighted by Gasteiger charge is -2.13. The standard InChI is InChI=1S/C14H16N2/c15-13-9-5-4-8-12(13)10-14(16)11-6-2-1-3-7-11/h1-9,14H,10,15-16H2/t14-/m0/s1. The maximum absolute atomic E-state index is 6.14. The predicted molar refractivity (Wildman–Crippen MR) is 67.9 cm³/mol. The third kappa shape index (κ3) is 2.41. The normalized spacial score (nSPS) is 12.3. The van der Waals surface area contributed by atoms with Gasteiger partial charge in [-0.25, -0.2) is 0 Å². The minimum Gasteiger partial charge on any atom is -0.399 e. The molecule has 0 aliphatic rings. The fraction of sp³-hybridized carbons (Fsp3) is 0.143. The smallest absolute Gasteiger partial charge is 0.0347 e. The molecule has 0 aromatic heterocycles. The van der Waals surface area contributed by atoms with Crippen molar-refractivity contribution >= 4 is 5.69 Å². The van der Waals surface area contributed by atoms with Crippen LogP contribution in [-0.2, 0) is 6.42 Å². The van der Waals surface area contributed by atoms with Crippen molar-refractivity contribution in [2.45, 2.75) is 12.5 Å². The van der Waals surface area contributed by atoms with E-state index < -0.39 is 0 Å². The second-order valence-electron chi connectivity index (χ2n) is 3.92. The molecule has 1 atom stereocenters. The van der Waals surface area contributed by atoms with Gasteiger partial charge in [-0.3, -0.25) is 0 Å². The highest BCUT2D eigenvalue weighted by atomic mass is 14.6. The zero-order chi connectivity index (χ0) is 11.4. The lowest BCUT2D eigenvalue weighted by atomic mass is 9.99. The van der Waals surface area contributed by atoms with E-state index in [1.807, 2.05) is 54.6 Å². The van der Waals surface area contributed by atoms with Crippen LogP contribution in [0.1, 0.15) is 17.2 Å². The minimum atomic E-state index is 0.00546. The van der Waals surface area contributed by atoms with Crippen LogP contribution in [0.3, 0.4) is 0 Å². The molecule has 0 saturated carbocycles. The summed E-state index contributed by atoms with van der Waals surface area (Å²) in [5.74, 6) is 0. The van der Waals surface area contributed by atoms with Crippen molar-refractivity contribution in [2.75, 3.05) is 5.73 Å². The van der Waals surface area contributed by atoms with Crippen molar-refractivity contribution in [2.24, 2.45) is 5.73 Å². The van der Waals surface area contributed by atoms with Crippen LogP contribution in [0.25, 0.3) is 0 Å². The van der Waals surface area contributed by atoms with E-state index in [4.69, 9.17) is 11.5 Å². The molecule has 0 spiro atoms. The molecule has 2 heteroatoms. The average molecular weight is 212 g/mol. The summed E-state index contributed by atoms with van der Waals surface area (Å²) in [5.41, 5.74) is 15.1. The number of benzene rings is 2. The Morgan fingerprint density at radius 3 is 2.19 bits per heavy atom. The molecule has 0 heterocycles. The summed E-state index contributed by atoms with van der Waals surface area (Å²) in [6, 6.07) is 18.0. The maximum atomic E-state index is 6.14. The maximum Gasteiger partial charge on any atom is 0.0347 e. The Bertz CT molecular complexity index is 451. The fourth-order valence-corrected chi connectivity index (χ4v) is 1.78. The Morgan fingerprint density at radius 2 is 1.50 bits per heavy atom. The van der Waals surface area contributed by atoms with Gasteiger partial charge in [0.25, 0.3) is 0 Å². The molecule has 0 aliphatic heterocycles. The second-order valence-corrected chi connectivity index (χ2v) is 3.92. The molecular formula is C14H16N2. The van der Waals surface area contributed by atoms with Crippen LogP contribution in [0.4, 0.5) is 5.69 Å². The molecule has 2 aromatic carbocycles. The molecule has 82 valence electrons. The largest absolute Gasteiger partial charge is 0.399 e. The van der Waals surface area contributed by atoms with Crippen molar-refractivity contribution in [1.29, 1.82) is 0 Å². The Kier molecular flexibility index (Phi) is 3.22. The van der Waals surface area contributed by atoms with Gasteiger partial charge < -0.3 is 11.5 Å². The molecule has 0 unspecified atom stereocenters. The number of para-hydroxylation sites is 1. The Balaban J connectivity index is 2.14. The lowest BCUT2D eigenvalue weighted by Crippen LogP contribution is -2.14. The molecule has 4 N–H and O–H groups in total. The van der Waals surface area contributed by atoms with Gasteiger partial charge in [0.05, 0.1) is 0 Å². The third-order valence-electron chi connectivity index (χ3n) is 2.72. The summed E-state index contributed by atoms with van der Waals surface area (Å²) in [4.78, 5) is 0. The molecule has 0 aliphatic carbocycles.